The Balaban J connectivity index is 2.50. The number of aldehydes is 1. The van der Waals surface area contributed by atoms with Crippen molar-refractivity contribution >= 4 is 12.1 Å². The van der Waals surface area contributed by atoms with Crippen LogP contribution < -0.4 is 0 Å². The number of rotatable bonds is 2. The van der Waals surface area contributed by atoms with Crippen LogP contribution in [0, 0.1) is 17.8 Å². The molecule has 0 bridgehead atoms. The van der Waals surface area contributed by atoms with Gasteiger partial charge in [-0.15, -0.1) is 0 Å². The summed E-state index contributed by atoms with van der Waals surface area (Å²) < 4.78 is 0. The van der Waals surface area contributed by atoms with Gasteiger partial charge in [0.2, 0.25) is 0 Å². The monoisotopic (exact) mass is 168 g/mol. The number of carbonyl (C=O) groups excluding carboxylic acids is 2. The summed E-state index contributed by atoms with van der Waals surface area (Å²) in [4.78, 5) is 21.8. The van der Waals surface area contributed by atoms with Crippen molar-refractivity contribution < 1.29 is 9.59 Å². The van der Waals surface area contributed by atoms with E-state index in [1.165, 1.54) is 0 Å². The van der Waals surface area contributed by atoms with E-state index in [0.717, 1.165) is 19.1 Å². The maximum absolute atomic E-state index is 11.3. The SMILES string of the molecule is CC1CCC(C(C)C=O)CC1=O. The highest BCUT2D eigenvalue weighted by Crippen LogP contribution is 2.29. The molecule has 0 spiro atoms. The predicted octanol–water partition coefficient (Wildman–Crippen LogP) is 1.83. The summed E-state index contributed by atoms with van der Waals surface area (Å²) in [6.07, 6.45) is 3.57. The molecule has 1 saturated carbocycles. The van der Waals surface area contributed by atoms with Gasteiger partial charge in [-0.25, -0.2) is 0 Å². The summed E-state index contributed by atoms with van der Waals surface area (Å²) in [6.45, 7) is 3.88. The van der Waals surface area contributed by atoms with Crippen LogP contribution in [0.4, 0.5) is 0 Å². The quantitative estimate of drug-likeness (QED) is 0.589. The average Bonchev–Trinajstić information content (AvgIpc) is 2.08. The van der Waals surface area contributed by atoms with Crippen LogP contribution in [0.2, 0.25) is 0 Å². The molecule has 68 valence electrons. The lowest BCUT2D eigenvalue weighted by Gasteiger charge is -2.26. The molecule has 3 atom stereocenters. The van der Waals surface area contributed by atoms with E-state index in [-0.39, 0.29) is 11.8 Å². The smallest absolute Gasteiger partial charge is 0.135 e. The van der Waals surface area contributed by atoms with Crippen molar-refractivity contribution in [1.29, 1.82) is 0 Å². The van der Waals surface area contributed by atoms with Gasteiger partial charge in [-0.3, -0.25) is 4.79 Å². The minimum atomic E-state index is 0.0569. The lowest BCUT2D eigenvalue weighted by molar-refractivity contribution is -0.126. The Kier molecular flexibility index (Phi) is 3.01. The van der Waals surface area contributed by atoms with Gasteiger partial charge >= 0.3 is 0 Å². The maximum Gasteiger partial charge on any atom is 0.135 e. The molecule has 1 aliphatic rings. The van der Waals surface area contributed by atoms with Crippen molar-refractivity contribution in [1.82, 2.24) is 0 Å². The number of ketones is 1. The van der Waals surface area contributed by atoms with Crippen LogP contribution in [0.25, 0.3) is 0 Å². The van der Waals surface area contributed by atoms with Gasteiger partial charge in [0.1, 0.15) is 12.1 Å². The summed E-state index contributed by atoms with van der Waals surface area (Å²) in [6, 6.07) is 0. The Hall–Kier alpha value is -0.660. The Bertz CT molecular complexity index is 186. The Morgan fingerprint density at radius 2 is 2.17 bits per heavy atom. The van der Waals surface area contributed by atoms with E-state index < -0.39 is 0 Å². The van der Waals surface area contributed by atoms with Gasteiger partial charge in [-0.2, -0.15) is 0 Å². The first-order valence-corrected chi connectivity index (χ1v) is 4.63. The minimum absolute atomic E-state index is 0.0569. The second-order valence-electron chi connectivity index (χ2n) is 3.90. The van der Waals surface area contributed by atoms with E-state index in [0.29, 0.717) is 18.1 Å². The highest BCUT2D eigenvalue weighted by Gasteiger charge is 2.28. The molecule has 3 unspecified atom stereocenters. The first-order chi connectivity index (χ1) is 5.65. The minimum Gasteiger partial charge on any atom is -0.303 e. The number of hydrogen-bond donors (Lipinski definition) is 0. The third-order valence-corrected chi connectivity index (χ3v) is 2.94. The van der Waals surface area contributed by atoms with Crippen LogP contribution in [-0.2, 0) is 9.59 Å². The summed E-state index contributed by atoms with van der Waals surface area (Å²) in [5.41, 5.74) is 0. The van der Waals surface area contributed by atoms with Gasteiger partial charge < -0.3 is 4.79 Å². The van der Waals surface area contributed by atoms with Crippen molar-refractivity contribution in [2.75, 3.05) is 0 Å². The van der Waals surface area contributed by atoms with Crippen molar-refractivity contribution in [3.05, 3.63) is 0 Å². The van der Waals surface area contributed by atoms with Gasteiger partial charge in [0.15, 0.2) is 0 Å². The van der Waals surface area contributed by atoms with Gasteiger partial charge in [0.05, 0.1) is 0 Å². The molecule has 1 fully saturated rings. The molecule has 0 aromatic rings. The van der Waals surface area contributed by atoms with E-state index in [4.69, 9.17) is 0 Å². The zero-order valence-corrected chi connectivity index (χ0v) is 7.75. The second kappa shape index (κ2) is 3.83. The van der Waals surface area contributed by atoms with E-state index in [9.17, 15) is 9.59 Å². The standard InChI is InChI=1S/C10H16O2/c1-7-3-4-9(5-10(7)12)8(2)6-11/h6-9H,3-5H2,1-2H3. The third-order valence-electron chi connectivity index (χ3n) is 2.94. The highest BCUT2D eigenvalue weighted by atomic mass is 16.1. The van der Waals surface area contributed by atoms with Crippen LogP contribution in [0.3, 0.4) is 0 Å². The zero-order chi connectivity index (χ0) is 9.14. The fourth-order valence-electron chi connectivity index (χ4n) is 1.75. The predicted molar refractivity (Wildman–Crippen MR) is 46.7 cm³/mol. The summed E-state index contributed by atoms with van der Waals surface area (Å²) in [5, 5.41) is 0. The van der Waals surface area contributed by atoms with Crippen LogP contribution in [0.5, 0.6) is 0 Å². The molecule has 0 heterocycles. The van der Waals surface area contributed by atoms with Crippen LogP contribution in [0.15, 0.2) is 0 Å². The topological polar surface area (TPSA) is 34.1 Å². The molecular formula is C10H16O2. The van der Waals surface area contributed by atoms with Gasteiger partial charge in [-0.1, -0.05) is 13.8 Å². The largest absolute Gasteiger partial charge is 0.303 e. The molecule has 1 aliphatic carbocycles. The van der Waals surface area contributed by atoms with Crippen molar-refractivity contribution in [2.45, 2.75) is 33.1 Å². The Morgan fingerprint density at radius 3 is 2.67 bits per heavy atom. The van der Waals surface area contributed by atoms with Crippen LogP contribution in [-0.4, -0.2) is 12.1 Å². The van der Waals surface area contributed by atoms with Crippen molar-refractivity contribution in [3.8, 4) is 0 Å². The lowest BCUT2D eigenvalue weighted by atomic mass is 9.77. The summed E-state index contributed by atoms with van der Waals surface area (Å²) in [5.74, 6) is 0.924. The fraction of sp³-hybridized carbons (Fsp3) is 0.800. The molecule has 0 saturated heterocycles. The Morgan fingerprint density at radius 1 is 1.50 bits per heavy atom. The van der Waals surface area contributed by atoms with E-state index in [1.54, 1.807) is 0 Å². The number of Topliss-reactive ketones (excluding diaryl/α,β-unsaturated/α-hetero) is 1. The van der Waals surface area contributed by atoms with Gasteiger partial charge in [-0.05, 0) is 18.8 Å². The summed E-state index contributed by atoms with van der Waals surface area (Å²) in [7, 11) is 0. The van der Waals surface area contributed by atoms with E-state index >= 15 is 0 Å². The molecule has 0 amide bonds. The average molecular weight is 168 g/mol. The molecule has 0 radical (unpaired) electrons. The number of hydrogen-bond acceptors (Lipinski definition) is 2. The molecule has 1 rings (SSSR count). The number of carbonyl (C=O) groups is 2. The molecule has 0 aromatic heterocycles. The zero-order valence-electron chi connectivity index (χ0n) is 7.75. The fourth-order valence-corrected chi connectivity index (χ4v) is 1.75. The normalized spacial score (nSPS) is 33.0. The molecule has 0 N–H and O–H groups in total. The van der Waals surface area contributed by atoms with E-state index in [2.05, 4.69) is 0 Å². The van der Waals surface area contributed by atoms with Gasteiger partial charge in [0, 0.05) is 18.3 Å². The molecule has 2 nitrogen and oxygen atoms in total. The van der Waals surface area contributed by atoms with Crippen LogP contribution >= 0.6 is 0 Å². The van der Waals surface area contributed by atoms with Crippen molar-refractivity contribution in [3.63, 3.8) is 0 Å². The maximum atomic E-state index is 11.3. The lowest BCUT2D eigenvalue weighted by Crippen LogP contribution is -2.27. The highest BCUT2D eigenvalue weighted by molar-refractivity contribution is 5.82. The third kappa shape index (κ3) is 1.93. The molecule has 2 heteroatoms. The molecule has 0 aliphatic heterocycles. The first kappa shape index (κ1) is 9.43. The van der Waals surface area contributed by atoms with E-state index in [1.807, 2.05) is 13.8 Å². The molecule has 0 aromatic carbocycles. The first-order valence-electron chi connectivity index (χ1n) is 4.63. The molecular weight excluding hydrogens is 152 g/mol. The van der Waals surface area contributed by atoms with Crippen LogP contribution in [0.1, 0.15) is 33.1 Å². The van der Waals surface area contributed by atoms with Crippen molar-refractivity contribution in [2.24, 2.45) is 17.8 Å². The Labute approximate surface area is 73.3 Å². The second-order valence-corrected chi connectivity index (χ2v) is 3.90. The molecule has 12 heavy (non-hydrogen) atoms. The van der Waals surface area contributed by atoms with Gasteiger partial charge in [0.25, 0.3) is 0 Å². The summed E-state index contributed by atoms with van der Waals surface area (Å²) >= 11 is 0.